The van der Waals surface area contributed by atoms with Crippen LogP contribution in [0.15, 0.2) is 41.4 Å². The standard InChI is InChI=1S/C13H14N2OS/c1-15-7-6-11(14-15)13(16)10-8-17-12-5-3-2-4-9(10)12/h2-7,10,13,16H,8H2,1H3. The molecule has 88 valence electrons. The summed E-state index contributed by atoms with van der Waals surface area (Å²) < 4.78 is 1.73. The molecule has 1 aliphatic rings. The van der Waals surface area contributed by atoms with Gasteiger partial charge in [0.05, 0.1) is 5.69 Å². The third-order valence-electron chi connectivity index (χ3n) is 3.16. The molecular weight excluding hydrogens is 232 g/mol. The van der Waals surface area contributed by atoms with Gasteiger partial charge in [0.15, 0.2) is 0 Å². The maximum Gasteiger partial charge on any atom is 0.105 e. The zero-order valence-electron chi connectivity index (χ0n) is 9.58. The zero-order valence-corrected chi connectivity index (χ0v) is 10.4. The Morgan fingerprint density at radius 3 is 3.00 bits per heavy atom. The van der Waals surface area contributed by atoms with Gasteiger partial charge in [-0.1, -0.05) is 18.2 Å². The molecule has 3 nitrogen and oxygen atoms in total. The van der Waals surface area contributed by atoms with E-state index in [1.54, 1.807) is 4.68 Å². The van der Waals surface area contributed by atoms with E-state index >= 15 is 0 Å². The average molecular weight is 246 g/mol. The van der Waals surface area contributed by atoms with Crippen LogP contribution in [0.2, 0.25) is 0 Å². The van der Waals surface area contributed by atoms with E-state index in [0.29, 0.717) is 0 Å². The summed E-state index contributed by atoms with van der Waals surface area (Å²) in [6.45, 7) is 0. The molecule has 1 aromatic carbocycles. The maximum atomic E-state index is 10.4. The Labute approximate surface area is 104 Å². The molecule has 1 aromatic heterocycles. The maximum absolute atomic E-state index is 10.4. The third kappa shape index (κ3) is 1.87. The molecule has 0 bridgehead atoms. The Kier molecular flexibility index (Phi) is 2.68. The fraction of sp³-hybridized carbons (Fsp3) is 0.308. The molecule has 1 N–H and O–H groups in total. The first-order valence-corrected chi connectivity index (χ1v) is 6.63. The molecule has 2 unspecified atom stereocenters. The van der Waals surface area contributed by atoms with Gasteiger partial charge in [0.2, 0.25) is 0 Å². The summed E-state index contributed by atoms with van der Waals surface area (Å²) in [6, 6.07) is 10.2. The van der Waals surface area contributed by atoms with E-state index in [-0.39, 0.29) is 5.92 Å². The van der Waals surface area contributed by atoms with Crippen LogP contribution in [0.3, 0.4) is 0 Å². The second-order valence-electron chi connectivity index (χ2n) is 4.31. The summed E-state index contributed by atoms with van der Waals surface area (Å²) in [5.41, 5.74) is 2.01. The Morgan fingerprint density at radius 1 is 1.41 bits per heavy atom. The van der Waals surface area contributed by atoms with Crippen LogP contribution < -0.4 is 0 Å². The van der Waals surface area contributed by atoms with Gasteiger partial charge < -0.3 is 5.11 Å². The van der Waals surface area contributed by atoms with Gasteiger partial charge in [-0.15, -0.1) is 11.8 Å². The molecule has 2 atom stereocenters. The minimum Gasteiger partial charge on any atom is -0.386 e. The van der Waals surface area contributed by atoms with E-state index in [4.69, 9.17) is 0 Å². The van der Waals surface area contributed by atoms with Crippen LogP contribution in [-0.2, 0) is 7.05 Å². The van der Waals surface area contributed by atoms with Crippen molar-refractivity contribution in [3.8, 4) is 0 Å². The number of rotatable bonds is 2. The monoisotopic (exact) mass is 246 g/mol. The van der Waals surface area contributed by atoms with Gasteiger partial charge in [-0.3, -0.25) is 4.68 Å². The number of aliphatic hydroxyl groups excluding tert-OH is 1. The number of aromatic nitrogens is 2. The molecule has 0 spiro atoms. The lowest BCUT2D eigenvalue weighted by molar-refractivity contribution is 0.148. The first-order chi connectivity index (χ1) is 8.25. The van der Waals surface area contributed by atoms with Crippen LogP contribution in [0.25, 0.3) is 0 Å². The van der Waals surface area contributed by atoms with E-state index < -0.39 is 6.10 Å². The Morgan fingerprint density at radius 2 is 2.24 bits per heavy atom. The van der Waals surface area contributed by atoms with E-state index in [1.165, 1.54) is 10.5 Å². The summed E-state index contributed by atoms with van der Waals surface area (Å²) in [6.07, 6.45) is 1.36. The molecule has 0 radical (unpaired) electrons. The lowest BCUT2D eigenvalue weighted by Gasteiger charge is -2.16. The molecular formula is C13H14N2OS. The van der Waals surface area contributed by atoms with Crippen molar-refractivity contribution in [1.82, 2.24) is 9.78 Å². The van der Waals surface area contributed by atoms with Gasteiger partial charge in [-0.05, 0) is 17.7 Å². The SMILES string of the molecule is Cn1ccc(C(O)C2CSc3ccccc32)n1. The molecule has 0 amide bonds. The molecule has 1 aliphatic heterocycles. The quantitative estimate of drug-likeness (QED) is 0.884. The first-order valence-electron chi connectivity index (χ1n) is 5.65. The molecule has 0 aliphatic carbocycles. The molecule has 0 saturated heterocycles. The van der Waals surface area contributed by atoms with Crippen LogP contribution >= 0.6 is 11.8 Å². The average Bonchev–Trinajstić information content (AvgIpc) is 2.94. The Bertz CT molecular complexity index is 538. The number of aliphatic hydroxyl groups is 1. The van der Waals surface area contributed by atoms with Crippen molar-refractivity contribution in [2.75, 3.05) is 5.75 Å². The fourth-order valence-corrected chi connectivity index (χ4v) is 3.53. The topological polar surface area (TPSA) is 38.0 Å². The highest BCUT2D eigenvalue weighted by molar-refractivity contribution is 7.99. The van der Waals surface area contributed by atoms with Crippen molar-refractivity contribution in [3.63, 3.8) is 0 Å². The van der Waals surface area contributed by atoms with Gasteiger partial charge >= 0.3 is 0 Å². The fourth-order valence-electron chi connectivity index (χ4n) is 2.25. The largest absolute Gasteiger partial charge is 0.386 e. The van der Waals surface area contributed by atoms with Crippen LogP contribution in [0.1, 0.15) is 23.3 Å². The predicted octanol–water partition coefficient (Wildman–Crippen LogP) is 2.34. The number of aryl methyl sites for hydroxylation is 1. The molecule has 2 aromatic rings. The number of nitrogens with zero attached hydrogens (tertiary/aromatic N) is 2. The lowest BCUT2D eigenvalue weighted by Crippen LogP contribution is -2.11. The molecule has 17 heavy (non-hydrogen) atoms. The van der Waals surface area contributed by atoms with Gasteiger partial charge in [-0.25, -0.2) is 0 Å². The van der Waals surface area contributed by atoms with E-state index in [1.807, 2.05) is 43.2 Å². The number of hydrogen-bond donors (Lipinski definition) is 1. The summed E-state index contributed by atoms with van der Waals surface area (Å²) in [4.78, 5) is 1.28. The van der Waals surface area contributed by atoms with E-state index in [9.17, 15) is 5.11 Å². The normalized spacial score (nSPS) is 20.2. The number of thioether (sulfide) groups is 1. The summed E-state index contributed by atoms with van der Waals surface area (Å²) in [5, 5.41) is 14.7. The number of fused-ring (bicyclic) bond motifs is 1. The smallest absolute Gasteiger partial charge is 0.105 e. The summed E-state index contributed by atoms with van der Waals surface area (Å²) >= 11 is 1.81. The van der Waals surface area contributed by atoms with Gasteiger partial charge in [0, 0.05) is 29.8 Å². The van der Waals surface area contributed by atoms with Crippen molar-refractivity contribution in [1.29, 1.82) is 0 Å². The zero-order chi connectivity index (χ0) is 11.8. The number of hydrogen-bond acceptors (Lipinski definition) is 3. The number of benzene rings is 1. The van der Waals surface area contributed by atoms with E-state index in [0.717, 1.165) is 11.4 Å². The minimum absolute atomic E-state index is 0.158. The van der Waals surface area contributed by atoms with Crippen LogP contribution in [0.5, 0.6) is 0 Å². The van der Waals surface area contributed by atoms with Crippen LogP contribution in [-0.4, -0.2) is 20.6 Å². The van der Waals surface area contributed by atoms with Gasteiger partial charge in [0.1, 0.15) is 6.10 Å². The lowest BCUT2D eigenvalue weighted by atomic mass is 9.94. The third-order valence-corrected chi connectivity index (χ3v) is 4.36. The second-order valence-corrected chi connectivity index (χ2v) is 5.38. The van der Waals surface area contributed by atoms with E-state index in [2.05, 4.69) is 17.2 Å². The second kappa shape index (κ2) is 4.20. The van der Waals surface area contributed by atoms with Gasteiger partial charge in [-0.2, -0.15) is 5.10 Å². The molecule has 0 saturated carbocycles. The molecule has 2 heterocycles. The Hall–Kier alpha value is -1.26. The molecule has 4 heteroatoms. The van der Waals surface area contributed by atoms with Crippen molar-refractivity contribution in [2.45, 2.75) is 16.9 Å². The predicted molar refractivity (Wildman–Crippen MR) is 68.1 cm³/mol. The summed E-state index contributed by atoms with van der Waals surface area (Å²) in [5.74, 6) is 1.09. The highest BCUT2D eigenvalue weighted by Gasteiger charge is 2.30. The first kappa shape index (κ1) is 10.9. The molecule has 0 fully saturated rings. The molecule has 3 rings (SSSR count). The minimum atomic E-state index is -0.507. The summed E-state index contributed by atoms with van der Waals surface area (Å²) in [7, 11) is 1.87. The highest BCUT2D eigenvalue weighted by atomic mass is 32.2. The van der Waals surface area contributed by atoms with Crippen LogP contribution in [0.4, 0.5) is 0 Å². The van der Waals surface area contributed by atoms with Crippen LogP contribution in [0, 0.1) is 0 Å². The van der Waals surface area contributed by atoms with Crippen molar-refractivity contribution >= 4 is 11.8 Å². The Balaban J connectivity index is 1.92. The van der Waals surface area contributed by atoms with Crippen molar-refractivity contribution < 1.29 is 5.11 Å². The highest BCUT2D eigenvalue weighted by Crippen LogP contribution is 2.44. The van der Waals surface area contributed by atoms with Crippen molar-refractivity contribution in [3.05, 3.63) is 47.8 Å². The van der Waals surface area contributed by atoms with Gasteiger partial charge in [0.25, 0.3) is 0 Å². The van der Waals surface area contributed by atoms with Crippen molar-refractivity contribution in [2.24, 2.45) is 7.05 Å².